The van der Waals surface area contributed by atoms with Crippen LogP contribution in [0.25, 0.3) is 0 Å². The van der Waals surface area contributed by atoms with Crippen LogP contribution in [0.1, 0.15) is 19.3 Å². The third kappa shape index (κ3) is 3.24. The first-order chi connectivity index (χ1) is 10.2. The first kappa shape index (κ1) is 14.1. The lowest BCUT2D eigenvalue weighted by molar-refractivity contribution is 0.347. The van der Waals surface area contributed by atoms with E-state index in [1.54, 1.807) is 5.01 Å². The lowest BCUT2D eigenvalue weighted by atomic mass is 9.85. The summed E-state index contributed by atoms with van der Waals surface area (Å²) in [5.41, 5.74) is 1.27. The molecule has 3 rings (SSSR count). The van der Waals surface area contributed by atoms with Crippen molar-refractivity contribution in [3.63, 3.8) is 0 Å². The maximum atomic E-state index is 8.08. The molecule has 0 aliphatic carbocycles. The molecule has 1 unspecified atom stereocenters. The number of nitrogens with zero attached hydrogens (tertiary/aromatic N) is 3. The van der Waals surface area contributed by atoms with E-state index >= 15 is 0 Å². The zero-order valence-corrected chi connectivity index (χ0v) is 12.3. The van der Waals surface area contributed by atoms with E-state index in [0.29, 0.717) is 18.3 Å². The van der Waals surface area contributed by atoms with Gasteiger partial charge in [0.15, 0.2) is 0 Å². The highest BCUT2D eigenvalue weighted by Gasteiger charge is 2.26. The number of nitrogens with two attached hydrogens (primary N) is 1. The Hall–Kier alpha value is -1.88. The lowest BCUT2D eigenvalue weighted by Crippen LogP contribution is -2.44. The van der Waals surface area contributed by atoms with Crippen LogP contribution in [0.4, 0.5) is 5.69 Å². The summed E-state index contributed by atoms with van der Waals surface area (Å²) in [6.45, 7) is 2.84. The molecule has 1 fully saturated rings. The summed E-state index contributed by atoms with van der Waals surface area (Å²) in [6.07, 6.45) is 11.4. The molecule has 1 atom stereocenters. The van der Waals surface area contributed by atoms with Gasteiger partial charge < -0.3 is 4.90 Å². The van der Waals surface area contributed by atoms with Gasteiger partial charge in [0, 0.05) is 37.1 Å². The molecule has 1 saturated heterocycles. The van der Waals surface area contributed by atoms with Crippen molar-refractivity contribution in [3.05, 3.63) is 36.7 Å². The van der Waals surface area contributed by atoms with E-state index in [1.165, 1.54) is 18.5 Å². The van der Waals surface area contributed by atoms with Crippen LogP contribution < -0.4 is 10.7 Å². The van der Waals surface area contributed by atoms with Gasteiger partial charge in [0.1, 0.15) is 5.84 Å². The van der Waals surface area contributed by atoms with E-state index in [1.807, 2.05) is 12.4 Å². The van der Waals surface area contributed by atoms with Crippen LogP contribution in [0.5, 0.6) is 0 Å². The molecule has 3 heterocycles. The van der Waals surface area contributed by atoms with Crippen LogP contribution in [0.3, 0.4) is 0 Å². The molecule has 0 saturated carbocycles. The van der Waals surface area contributed by atoms with E-state index in [4.69, 9.17) is 11.3 Å². The third-order valence-corrected chi connectivity index (χ3v) is 4.56. The Morgan fingerprint density at radius 3 is 2.67 bits per heavy atom. The summed E-state index contributed by atoms with van der Waals surface area (Å²) in [5.74, 6) is 7.26. The summed E-state index contributed by atoms with van der Waals surface area (Å²) in [4.78, 5) is 6.50. The van der Waals surface area contributed by atoms with Crippen LogP contribution in [-0.4, -0.2) is 35.5 Å². The first-order valence-corrected chi connectivity index (χ1v) is 7.66. The van der Waals surface area contributed by atoms with E-state index < -0.39 is 0 Å². The molecule has 2 aliphatic heterocycles. The minimum Gasteiger partial charge on any atom is -0.371 e. The normalized spacial score (nSPS) is 23.7. The highest BCUT2D eigenvalue weighted by molar-refractivity contribution is 5.83. The zero-order valence-electron chi connectivity index (χ0n) is 12.3. The fourth-order valence-electron chi connectivity index (χ4n) is 3.27. The van der Waals surface area contributed by atoms with Gasteiger partial charge in [-0.25, -0.2) is 5.84 Å². The topological polar surface area (TPSA) is 69.2 Å². The number of amidine groups is 1. The number of anilines is 1. The Bertz CT molecular complexity index is 505. The maximum Gasteiger partial charge on any atom is 0.117 e. The van der Waals surface area contributed by atoms with E-state index in [9.17, 15) is 0 Å². The highest BCUT2D eigenvalue weighted by atomic mass is 15.4. The number of nitrogens with one attached hydrogen (secondary N) is 1. The molecule has 2 aliphatic rings. The molecule has 1 aromatic rings. The van der Waals surface area contributed by atoms with Gasteiger partial charge in [0.05, 0.1) is 6.54 Å². The second-order valence-electron chi connectivity index (χ2n) is 5.94. The molecule has 5 heteroatoms. The molecule has 0 bridgehead atoms. The number of hydrogen-bond donors (Lipinski definition) is 2. The molecule has 0 amide bonds. The number of hydrogen-bond acceptors (Lipinski definition) is 4. The Labute approximate surface area is 125 Å². The number of pyridine rings is 1. The van der Waals surface area contributed by atoms with Gasteiger partial charge in [0.25, 0.3) is 0 Å². The predicted octanol–water partition coefficient (Wildman–Crippen LogP) is 2.03. The second kappa shape index (κ2) is 6.26. The first-order valence-electron chi connectivity index (χ1n) is 7.66. The van der Waals surface area contributed by atoms with Crippen molar-refractivity contribution in [2.24, 2.45) is 17.7 Å². The fraction of sp³-hybridized carbons (Fsp3) is 0.500. The zero-order chi connectivity index (χ0) is 14.7. The number of aromatic nitrogens is 1. The van der Waals surface area contributed by atoms with Crippen molar-refractivity contribution in [1.29, 1.82) is 5.41 Å². The molecule has 1 aromatic heterocycles. The minimum absolute atomic E-state index is 0.196. The molecule has 5 nitrogen and oxygen atoms in total. The molecular weight excluding hydrogens is 262 g/mol. The van der Waals surface area contributed by atoms with Gasteiger partial charge in [0.2, 0.25) is 0 Å². The van der Waals surface area contributed by atoms with Crippen LogP contribution >= 0.6 is 0 Å². The summed E-state index contributed by atoms with van der Waals surface area (Å²) >= 11 is 0. The lowest BCUT2D eigenvalue weighted by Gasteiger charge is -2.36. The Morgan fingerprint density at radius 1 is 1.24 bits per heavy atom. The molecule has 0 spiro atoms. The smallest absolute Gasteiger partial charge is 0.117 e. The monoisotopic (exact) mass is 285 g/mol. The number of hydrazine groups is 1. The van der Waals surface area contributed by atoms with Crippen molar-refractivity contribution >= 4 is 11.5 Å². The Kier molecular flexibility index (Phi) is 4.20. The average molecular weight is 285 g/mol. The average Bonchev–Trinajstić information content (AvgIpc) is 2.53. The van der Waals surface area contributed by atoms with E-state index in [0.717, 1.165) is 19.5 Å². The Balaban J connectivity index is 1.53. The van der Waals surface area contributed by atoms with Crippen molar-refractivity contribution in [1.82, 2.24) is 9.99 Å². The summed E-state index contributed by atoms with van der Waals surface area (Å²) in [6, 6.07) is 4.15. The number of piperidine rings is 1. The van der Waals surface area contributed by atoms with Crippen molar-refractivity contribution in [2.45, 2.75) is 19.3 Å². The van der Waals surface area contributed by atoms with Gasteiger partial charge in [-0.2, -0.15) is 0 Å². The van der Waals surface area contributed by atoms with Gasteiger partial charge in [-0.3, -0.25) is 15.4 Å². The van der Waals surface area contributed by atoms with Crippen LogP contribution in [0.15, 0.2) is 36.7 Å². The molecule has 21 heavy (non-hydrogen) atoms. The SMILES string of the molecule is N=C1C(CC2CCN(c3ccncc3)CC2)C=CCN1N. The van der Waals surface area contributed by atoms with Crippen LogP contribution in [-0.2, 0) is 0 Å². The molecule has 0 aromatic carbocycles. The van der Waals surface area contributed by atoms with Gasteiger partial charge in [-0.1, -0.05) is 12.2 Å². The van der Waals surface area contributed by atoms with Gasteiger partial charge in [-0.05, 0) is 37.3 Å². The van der Waals surface area contributed by atoms with Gasteiger partial charge in [-0.15, -0.1) is 0 Å². The summed E-state index contributed by atoms with van der Waals surface area (Å²) in [5, 5.41) is 9.63. The summed E-state index contributed by atoms with van der Waals surface area (Å²) in [7, 11) is 0. The van der Waals surface area contributed by atoms with Crippen molar-refractivity contribution < 1.29 is 0 Å². The van der Waals surface area contributed by atoms with Crippen molar-refractivity contribution in [2.75, 3.05) is 24.5 Å². The molecule has 3 N–H and O–H groups in total. The number of rotatable bonds is 3. The molecule has 112 valence electrons. The second-order valence-corrected chi connectivity index (χ2v) is 5.94. The van der Waals surface area contributed by atoms with Crippen molar-refractivity contribution in [3.8, 4) is 0 Å². The van der Waals surface area contributed by atoms with Gasteiger partial charge >= 0.3 is 0 Å². The highest BCUT2D eigenvalue weighted by Crippen LogP contribution is 2.29. The molecular formula is C16H23N5. The maximum absolute atomic E-state index is 8.08. The predicted molar refractivity (Wildman–Crippen MR) is 85.0 cm³/mol. The minimum atomic E-state index is 0.196. The van der Waals surface area contributed by atoms with E-state index in [-0.39, 0.29) is 5.92 Å². The third-order valence-electron chi connectivity index (χ3n) is 4.56. The van der Waals surface area contributed by atoms with Crippen LogP contribution in [0, 0.1) is 17.2 Å². The summed E-state index contributed by atoms with van der Waals surface area (Å²) < 4.78 is 0. The molecule has 0 radical (unpaired) electrons. The van der Waals surface area contributed by atoms with Crippen LogP contribution in [0.2, 0.25) is 0 Å². The quantitative estimate of drug-likeness (QED) is 0.658. The fourth-order valence-corrected chi connectivity index (χ4v) is 3.27. The largest absolute Gasteiger partial charge is 0.371 e. The van der Waals surface area contributed by atoms with E-state index in [2.05, 4.69) is 34.2 Å². The standard InChI is InChI=1S/C16H23N5/c17-16-14(2-1-9-21(16)18)12-13-5-10-20(11-6-13)15-3-7-19-8-4-15/h1-4,7-8,13-14,17H,5-6,9-12,18H2. The Morgan fingerprint density at radius 2 is 1.95 bits per heavy atom.